The maximum atomic E-state index is 11.6. The molecule has 24 heavy (non-hydrogen) atoms. The van der Waals surface area contributed by atoms with E-state index >= 15 is 0 Å². The highest BCUT2D eigenvalue weighted by Crippen LogP contribution is 2.19. The van der Waals surface area contributed by atoms with Gasteiger partial charge in [0.25, 0.3) is 0 Å². The van der Waals surface area contributed by atoms with Crippen molar-refractivity contribution >= 4 is 11.7 Å². The van der Waals surface area contributed by atoms with Crippen molar-refractivity contribution < 1.29 is 19.1 Å². The molecule has 0 aliphatic rings. The summed E-state index contributed by atoms with van der Waals surface area (Å²) in [5.74, 6) is -0.0477. The molecule has 0 bridgehead atoms. The smallest absolute Gasteiger partial charge is 0.220 e. The fourth-order valence-corrected chi connectivity index (χ4v) is 2.03. The SMILES string of the molecule is CNCCOC(C)(C)CCOC(C)(C)CCNC(=O)CCC(C)=O. The molecule has 0 heterocycles. The lowest BCUT2D eigenvalue weighted by Gasteiger charge is -2.30. The molecule has 0 saturated heterocycles. The van der Waals surface area contributed by atoms with Gasteiger partial charge in [-0.05, 0) is 54.5 Å². The van der Waals surface area contributed by atoms with Crippen LogP contribution in [-0.2, 0) is 19.1 Å². The predicted molar refractivity (Wildman–Crippen MR) is 96.1 cm³/mol. The first-order chi connectivity index (χ1) is 11.1. The van der Waals surface area contributed by atoms with Gasteiger partial charge in [0.05, 0.1) is 24.4 Å². The minimum atomic E-state index is -0.311. The van der Waals surface area contributed by atoms with Gasteiger partial charge in [-0.15, -0.1) is 0 Å². The molecule has 0 aromatic carbocycles. The number of hydrogen-bond acceptors (Lipinski definition) is 5. The van der Waals surface area contributed by atoms with Gasteiger partial charge in [-0.3, -0.25) is 4.79 Å². The molecule has 142 valence electrons. The molecule has 0 unspecified atom stereocenters. The van der Waals surface area contributed by atoms with E-state index in [1.54, 1.807) is 0 Å². The zero-order chi connectivity index (χ0) is 18.6. The number of carbonyl (C=O) groups is 2. The molecule has 0 fully saturated rings. The van der Waals surface area contributed by atoms with Gasteiger partial charge >= 0.3 is 0 Å². The van der Waals surface area contributed by atoms with E-state index in [9.17, 15) is 9.59 Å². The Balaban J connectivity index is 3.92. The van der Waals surface area contributed by atoms with Crippen LogP contribution in [0.2, 0.25) is 0 Å². The predicted octanol–water partition coefficient (Wildman–Crippen LogP) is 2.06. The molecule has 0 aliphatic carbocycles. The fraction of sp³-hybridized carbons (Fsp3) is 0.889. The number of rotatable bonds is 14. The van der Waals surface area contributed by atoms with Crippen molar-refractivity contribution in [3.63, 3.8) is 0 Å². The number of Topliss-reactive ketones (excluding diaryl/α,β-unsaturated/α-hetero) is 1. The van der Waals surface area contributed by atoms with Gasteiger partial charge in [0.1, 0.15) is 5.78 Å². The standard InChI is InChI=1S/C18H36N2O4/c1-15(21)7-8-16(22)20-11-9-17(2,3)23-13-10-18(4,5)24-14-12-19-6/h19H,7-14H2,1-6H3,(H,20,22). The van der Waals surface area contributed by atoms with E-state index in [1.807, 2.05) is 20.9 Å². The van der Waals surface area contributed by atoms with Gasteiger partial charge in [0.2, 0.25) is 5.91 Å². The van der Waals surface area contributed by atoms with Crippen LogP contribution in [-0.4, -0.2) is 56.2 Å². The van der Waals surface area contributed by atoms with E-state index in [0.717, 1.165) is 19.4 Å². The number of carbonyl (C=O) groups excluding carboxylic acids is 2. The Hall–Kier alpha value is -0.980. The van der Waals surface area contributed by atoms with E-state index in [4.69, 9.17) is 9.47 Å². The first-order valence-corrected chi connectivity index (χ1v) is 8.77. The van der Waals surface area contributed by atoms with Gasteiger partial charge in [-0.1, -0.05) is 0 Å². The van der Waals surface area contributed by atoms with Crippen LogP contribution < -0.4 is 10.6 Å². The molecule has 1 amide bonds. The molecule has 2 N–H and O–H groups in total. The van der Waals surface area contributed by atoms with E-state index in [-0.39, 0.29) is 29.3 Å². The average Bonchev–Trinajstić information content (AvgIpc) is 2.44. The normalized spacial score (nSPS) is 12.2. The molecule has 0 aromatic rings. The van der Waals surface area contributed by atoms with Crippen LogP contribution >= 0.6 is 0 Å². The highest BCUT2D eigenvalue weighted by Gasteiger charge is 2.22. The molecule has 0 aromatic heterocycles. The molecule has 0 aliphatic heterocycles. The molecule has 6 nitrogen and oxygen atoms in total. The van der Waals surface area contributed by atoms with Crippen LogP contribution in [0.25, 0.3) is 0 Å². The van der Waals surface area contributed by atoms with Crippen molar-refractivity contribution in [3.05, 3.63) is 0 Å². The quantitative estimate of drug-likeness (QED) is 0.472. The average molecular weight is 344 g/mol. The summed E-state index contributed by atoms with van der Waals surface area (Å²) in [7, 11) is 1.90. The van der Waals surface area contributed by atoms with Crippen molar-refractivity contribution in [1.82, 2.24) is 10.6 Å². The Morgan fingerprint density at radius 2 is 1.46 bits per heavy atom. The number of ether oxygens (including phenoxy) is 2. The summed E-state index contributed by atoms with van der Waals surface area (Å²) in [5, 5.41) is 5.89. The minimum absolute atomic E-state index is 0.0355. The Morgan fingerprint density at radius 1 is 0.875 bits per heavy atom. The first kappa shape index (κ1) is 23.0. The molecule has 0 saturated carbocycles. The lowest BCUT2D eigenvalue weighted by Crippen LogP contribution is -2.35. The maximum Gasteiger partial charge on any atom is 0.220 e. The summed E-state index contributed by atoms with van der Waals surface area (Å²) in [6.45, 7) is 12.3. The lowest BCUT2D eigenvalue weighted by atomic mass is 10.0. The molecule has 0 spiro atoms. The van der Waals surface area contributed by atoms with Gasteiger partial charge in [-0.2, -0.15) is 0 Å². The number of nitrogens with one attached hydrogen (secondary N) is 2. The van der Waals surface area contributed by atoms with Crippen LogP contribution in [0.1, 0.15) is 60.3 Å². The second-order valence-corrected chi connectivity index (χ2v) is 7.37. The molecule has 6 heteroatoms. The summed E-state index contributed by atoms with van der Waals surface area (Å²) in [4.78, 5) is 22.4. The summed E-state index contributed by atoms with van der Waals surface area (Å²) >= 11 is 0. The Kier molecular flexibility index (Phi) is 11.1. The van der Waals surface area contributed by atoms with E-state index in [1.165, 1.54) is 6.92 Å². The maximum absolute atomic E-state index is 11.6. The van der Waals surface area contributed by atoms with Crippen molar-refractivity contribution in [2.24, 2.45) is 0 Å². The van der Waals surface area contributed by atoms with Crippen LogP contribution in [0.4, 0.5) is 0 Å². The largest absolute Gasteiger partial charge is 0.375 e. The molecule has 0 radical (unpaired) electrons. The zero-order valence-corrected chi connectivity index (χ0v) is 16.3. The second kappa shape index (κ2) is 11.6. The third-order valence-electron chi connectivity index (χ3n) is 3.80. The molecular formula is C18H36N2O4. The second-order valence-electron chi connectivity index (χ2n) is 7.37. The van der Waals surface area contributed by atoms with Crippen molar-refractivity contribution in [1.29, 1.82) is 0 Å². The van der Waals surface area contributed by atoms with E-state index in [0.29, 0.717) is 26.2 Å². The fourth-order valence-electron chi connectivity index (χ4n) is 2.03. The third kappa shape index (κ3) is 13.5. The lowest BCUT2D eigenvalue weighted by molar-refractivity contribution is -0.124. The molecule has 0 rings (SSSR count). The summed E-state index contributed by atoms with van der Waals surface area (Å²) in [5.41, 5.74) is -0.525. The number of ketones is 1. The summed E-state index contributed by atoms with van der Waals surface area (Å²) < 4.78 is 11.8. The van der Waals surface area contributed by atoms with Crippen LogP contribution in [0.15, 0.2) is 0 Å². The number of hydrogen-bond donors (Lipinski definition) is 2. The van der Waals surface area contributed by atoms with Gasteiger partial charge in [0.15, 0.2) is 0 Å². The zero-order valence-electron chi connectivity index (χ0n) is 16.3. The Morgan fingerprint density at radius 3 is 2.04 bits per heavy atom. The minimum Gasteiger partial charge on any atom is -0.375 e. The number of amides is 1. The highest BCUT2D eigenvalue weighted by molar-refractivity contribution is 5.83. The van der Waals surface area contributed by atoms with Crippen molar-refractivity contribution in [2.75, 3.05) is 33.4 Å². The number of likely N-dealkylation sites (N-methyl/N-ethyl adjacent to an activating group) is 1. The van der Waals surface area contributed by atoms with Gasteiger partial charge < -0.3 is 24.9 Å². The third-order valence-corrected chi connectivity index (χ3v) is 3.80. The van der Waals surface area contributed by atoms with E-state index in [2.05, 4.69) is 24.5 Å². The van der Waals surface area contributed by atoms with Crippen LogP contribution in [0.5, 0.6) is 0 Å². The van der Waals surface area contributed by atoms with E-state index < -0.39 is 0 Å². The Bertz CT molecular complexity index is 381. The Labute approximate surface area is 147 Å². The molecular weight excluding hydrogens is 308 g/mol. The highest BCUT2D eigenvalue weighted by atomic mass is 16.5. The topological polar surface area (TPSA) is 76.7 Å². The monoisotopic (exact) mass is 344 g/mol. The molecule has 0 atom stereocenters. The summed E-state index contributed by atoms with van der Waals surface area (Å²) in [6.07, 6.45) is 2.09. The summed E-state index contributed by atoms with van der Waals surface area (Å²) in [6, 6.07) is 0. The first-order valence-electron chi connectivity index (χ1n) is 8.77. The van der Waals surface area contributed by atoms with Gasteiger partial charge in [-0.25, -0.2) is 0 Å². The van der Waals surface area contributed by atoms with Crippen LogP contribution in [0.3, 0.4) is 0 Å². The van der Waals surface area contributed by atoms with Crippen molar-refractivity contribution in [2.45, 2.75) is 71.5 Å². The van der Waals surface area contributed by atoms with Crippen LogP contribution in [0, 0.1) is 0 Å². The van der Waals surface area contributed by atoms with Gasteiger partial charge in [0, 0.05) is 25.9 Å². The van der Waals surface area contributed by atoms with Crippen molar-refractivity contribution in [3.8, 4) is 0 Å².